The van der Waals surface area contributed by atoms with Crippen molar-refractivity contribution in [2.75, 3.05) is 30.8 Å². The monoisotopic (exact) mass is 263 g/mol. The van der Waals surface area contributed by atoms with Crippen molar-refractivity contribution in [3.8, 4) is 0 Å². The van der Waals surface area contributed by atoms with Gasteiger partial charge in [0.15, 0.2) is 0 Å². The molecule has 0 fully saturated rings. The van der Waals surface area contributed by atoms with Crippen molar-refractivity contribution < 1.29 is 0 Å². The Kier molecular flexibility index (Phi) is 4.92. The van der Waals surface area contributed by atoms with E-state index in [2.05, 4.69) is 37.4 Å². The molecule has 0 spiro atoms. The highest BCUT2D eigenvalue weighted by molar-refractivity contribution is 7.09. The molecule has 0 aliphatic heterocycles. The first kappa shape index (κ1) is 12.8. The first-order valence-electron chi connectivity index (χ1n) is 5.85. The zero-order valence-electron chi connectivity index (χ0n) is 10.3. The normalized spacial score (nSPS) is 10.3. The second-order valence-corrected chi connectivity index (χ2v) is 4.78. The number of rotatable bonds is 7. The molecule has 0 saturated heterocycles. The standard InChI is InChI=1S/C12H17N5S/c1-13-4-5-14-11-7-12(17-9-16-11)15-8-10-3-2-6-18-10/h2-3,6-7,9,13H,4-5,8H2,1H3,(H2,14,15,16,17). The molecule has 0 unspecified atom stereocenters. The zero-order chi connectivity index (χ0) is 12.6. The Morgan fingerprint density at radius 3 is 2.72 bits per heavy atom. The SMILES string of the molecule is CNCCNc1cc(NCc2cccs2)ncn1. The van der Waals surface area contributed by atoms with E-state index in [4.69, 9.17) is 0 Å². The number of nitrogens with zero attached hydrogens (tertiary/aromatic N) is 2. The lowest BCUT2D eigenvalue weighted by Crippen LogP contribution is -2.18. The van der Waals surface area contributed by atoms with Gasteiger partial charge in [-0.3, -0.25) is 0 Å². The maximum absolute atomic E-state index is 4.19. The number of aromatic nitrogens is 2. The summed E-state index contributed by atoms with van der Waals surface area (Å²) in [6.07, 6.45) is 1.57. The topological polar surface area (TPSA) is 61.9 Å². The molecule has 2 rings (SSSR count). The Hall–Kier alpha value is -1.66. The average Bonchev–Trinajstić information content (AvgIpc) is 2.90. The van der Waals surface area contributed by atoms with Crippen LogP contribution in [0, 0.1) is 0 Å². The van der Waals surface area contributed by atoms with E-state index in [-0.39, 0.29) is 0 Å². The third kappa shape index (κ3) is 3.97. The minimum Gasteiger partial charge on any atom is -0.369 e. The van der Waals surface area contributed by atoms with Crippen LogP contribution in [-0.4, -0.2) is 30.1 Å². The lowest BCUT2D eigenvalue weighted by molar-refractivity contribution is 0.821. The van der Waals surface area contributed by atoms with Crippen LogP contribution < -0.4 is 16.0 Å². The molecule has 2 heterocycles. The van der Waals surface area contributed by atoms with Crippen molar-refractivity contribution in [2.45, 2.75) is 6.54 Å². The van der Waals surface area contributed by atoms with Gasteiger partial charge in [0.1, 0.15) is 18.0 Å². The van der Waals surface area contributed by atoms with Gasteiger partial charge in [-0.1, -0.05) is 6.07 Å². The van der Waals surface area contributed by atoms with E-state index in [1.807, 2.05) is 19.2 Å². The first-order valence-corrected chi connectivity index (χ1v) is 6.73. The summed E-state index contributed by atoms with van der Waals surface area (Å²) in [7, 11) is 1.93. The molecule has 0 atom stereocenters. The summed E-state index contributed by atoms with van der Waals surface area (Å²) in [6, 6.07) is 6.07. The van der Waals surface area contributed by atoms with Gasteiger partial charge in [0.2, 0.25) is 0 Å². The number of hydrogen-bond donors (Lipinski definition) is 3. The summed E-state index contributed by atoms with van der Waals surface area (Å²) in [6.45, 7) is 2.55. The molecule has 3 N–H and O–H groups in total. The molecule has 2 aromatic rings. The quantitative estimate of drug-likeness (QED) is 0.665. The van der Waals surface area contributed by atoms with E-state index in [0.29, 0.717) is 0 Å². The third-order valence-electron chi connectivity index (χ3n) is 2.37. The molecule has 0 aliphatic rings. The summed E-state index contributed by atoms with van der Waals surface area (Å²) in [5.41, 5.74) is 0. The Bertz CT molecular complexity index is 457. The Balaban J connectivity index is 1.86. The van der Waals surface area contributed by atoms with Gasteiger partial charge in [0, 0.05) is 24.0 Å². The van der Waals surface area contributed by atoms with Crippen LogP contribution in [0.25, 0.3) is 0 Å². The van der Waals surface area contributed by atoms with Crippen molar-refractivity contribution >= 4 is 23.0 Å². The van der Waals surface area contributed by atoms with Crippen LogP contribution in [0.5, 0.6) is 0 Å². The third-order valence-corrected chi connectivity index (χ3v) is 3.25. The van der Waals surface area contributed by atoms with E-state index in [9.17, 15) is 0 Å². The highest BCUT2D eigenvalue weighted by Crippen LogP contribution is 2.12. The van der Waals surface area contributed by atoms with Crippen molar-refractivity contribution in [3.05, 3.63) is 34.8 Å². The highest BCUT2D eigenvalue weighted by atomic mass is 32.1. The van der Waals surface area contributed by atoms with Gasteiger partial charge in [0.25, 0.3) is 0 Å². The fraction of sp³-hybridized carbons (Fsp3) is 0.333. The van der Waals surface area contributed by atoms with Crippen molar-refractivity contribution in [1.29, 1.82) is 0 Å². The summed E-state index contributed by atoms with van der Waals surface area (Å²) in [5.74, 6) is 1.68. The zero-order valence-corrected chi connectivity index (χ0v) is 11.1. The molecule has 2 aromatic heterocycles. The minimum atomic E-state index is 0.796. The predicted molar refractivity (Wildman–Crippen MR) is 76.1 cm³/mol. The van der Waals surface area contributed by atoms with Crippen LogP contribution >= 0.6 is 11.3 Å². The van der Waals surface area contributed by atoms with Gasteiger partial charge < -0.3 is 16.0 Å². The molecule has 0 aliphatic carbocycles. The molecular formula is C12H17N5S. The molecule has 0 bridgehead atoms. The van der Waals surface area contributed by atoms with E-state index in [1.54, 1.807) is 17.7 Å². The number of likely N-dealkylation sites (N-methyl/N-ethyl adjacent to an activating group) is 1. The van der Waals surface area contributed by atoms with Gasteiger partial charge in [0.05, 0.1) is 6.54 Å². The van der Waals surface area contributed by atoms with Crippen LogP contribution in [-0.2, 0) is 6.54 Å². The van der Waals surface area contributed by atoms with Crippen molar-refractivity contribution in [1.82, 2.24) is 15.3 Å². The fourth-order valence-corrected chi connectivity index (χ4v) is 2.10. The fourth-order valence-electron chi connectivity index (χ4n) is 1.46. The first-order chi connectivity index (χ1) is 8.88. The lowest BCUT2D eigenvalue weighted by Gasteiger charge is -2.07. The number of anilines is 2. The molecule has 0 aromatic carbocycles. The molecule has 0 saturated carbocycles. The van der Waals surface area contributed by atoms with Crippen LogP contribution in [0.2, 0.25) is 0 Å². The van der Waals surface area contributed by atoms with Gasteiger partial charge in [-0.25, -0.2) is 9.97 Å². The minimum absolute atomic E-state index is 0.796. The average molecular weight is 263 g/mol. The summed E-state index contributed by atoms with van der Waals surface area (Å²) in [5, 5.41) is 11.7. The second-order valence-electron chi connectivity index (χ2n) is 3.75. The van der Waals surface area contributed by atoms with Gasteiger partial charge >= 0.3 is 0 Å². The second kappa shape index (κ2) is 6.93. The molecule has 96 valence electrons. The molecule has 5 nitrogen and oxygen atoms in total. The molecular weight excluding hydrogens is 246 g/mol. The van der Waals surface area contributed by atoms with Crippen LogP contribution in [0.1, 0.15) is 4.88 Å². The summed E-state index contributed by atoms with van der Waals surface area (Å²) < 4.78 is 0. The summed E-state index contributed by atoms with van der Waals surface area (Å²) >= 11 is 1.73. The molecule has 6 heteroatoms. The van der Waals surface area contributed by atoms with E-state index >= 15 is 0 Å². The van der Waals surface area contributed by atoms with E-state index in [1.165, 1.54) is 4.88 Å². The molecule has 18 heavy (non-hydrogen) atoms. The van der Waals surface area contributed by atoms with E-state index in [0.717, 1.165) is 31.3 Å². The van der Waals surface area contributed by atoms with Gasteiger partial charge in [-0.2, -0.15) is 0 Å². The number of nitrogens with one attached hydrogen (secondary N) is 3. The predicted octanol–water partition coefficient (Wildman–Crippen LogP) is 1.78. The van der Waals surface area contributed by atoms with Crippen LogP contribution in [0.4, 0.5) is 11.6 Å². The molecule has 0 radical (unpaired) electrons. The largest absolute Gasteiger partial charge is 0.369 e. The lowest BCUT2D eigenvalue weighted by atomic mass is 10.4. The maximum Gasteiger partial charge on any atom is 0.131 e. The van der Waals surface area contributed by atoms with Gasteiger partial charge in [-0.05, 0) is 18.5 Å². The smallest absolute Gasteiger partial charge is 0.131 e. The maximum atomic E-state index is 4.19. The van der Waals surface area contributed by atoms with Crippen LogP contribution in [0.3, 0.4) is 0 Å². The molecule has 0 amide bonds. The Morgan fingerprint density at radius 2 is 2.00 bits per heavy atom. The Labute approximate surface area is 111 Å². The number of thiophene rings is 1. The van der Waals surface area contributed by atoms with Crippen molar-refractivity contribution in [3.63, 3.8) is 0 Å². The Morgan fingerprint density at radius 1 is 1.17 bits per heavy atom. The summed E-state index contributed by atoms with van der Waals surface area (Å²) in [4.78, 5) is 9.65. The number of hydrogen-bond acceptors (Lipinski definition) is 6. The van der Waals surface area contributed by atoms with Crippen molar-refractivity contribution in [2.24, 2.45) is 0 Å². The van der Waals surface area contributed by atoms with Gasteiger partial charge in [-0.15, -0.1) is 11.3 Å². The highest BCUT2D eigenvalue weighted by Gasteiger charge is 1.99. The van der Waals surface area contributed by atoms with Crippen LogP contribution in [0.15, 0.2) is 29.9 Å². The van der Waals surface area contributed by atoms with E-state index < -0.39 is 0 Å².